The van der Waals surface area contributed by atoms with Gasteiger partial charge in [-0.1, -0.05) is 13.8 Å². The first kappa shape index (κ1) is 16.6. The maximum atomic E-state index is 11.4. The predicted molar refractivity (Wildman–Crippen MR) is 77.9 cm³/mol. The Hall–Kier alpha value is -0.450. The third kappa shape index (κ3) is 3.18. The molecule has 1 fully saturated rings. The highest BCUT2D eigenvalue weighted by Crippen LogP contribution is 2.43. The maximum Gasteiger partial charge on any atom is 0.139 e. The van der Waals surface area contributed by atoms with Crippen LogP contribution in [0.5, 0.6) is 0 Å². The van der Waals surface area contributed by atoms with Gasteiger partial charge in [0.05, 0.1) is 5.54 Å². The Morgan fingerprint density at radius 2 is 1.79 bits per heavy atom. The van der Waals surface area contributed by atoms with Crippen LogP contribution >= 0.6 is 0 Å². The van der Waals surface area contributed by atoms with E-state index < -0.39 is 5.54 Å². The number of nitrogens with zero attached hydrogens (tertiary/aromatic N) is 1. The minimum absolute atomic E-state index is 0.0929. The number of likely N-dealkylation sites (tertiary alicyclic amines) is 1. The molecule has 1 aliphatic heterocycles. The van der Waals surface area contributed by atoms with Gasteiger partial charge in [-0.3, -0.25) is 4.90 Å². The van der Waals surface area contributed by atoms with Crippen molar-refractivity contribution >= 4 is 6.29 Å². The maximum absolute atomic E-state index is 11.4. The minimum Gasteiger partial charge on any atom is -0.396 e. The molecule has 1 rings (SSSR count). The number of carbonyl (C=O) groups is 1. The molecule has 2 atom stereocenters. The monoisotopic (exact) mass is 270 g/mol. The van der Waals surface area contributed by atoms with Gasteiger partial charge >= 0.3 is 0 Å². The highest BCUT2D eigenvalue weighted by Gasteiger charge is 2.51. The van der Waals surface area contributed by atoms with Crippen molar-refractivity contribution in [1.29, 1.82) is 0 Å². The molecule has 0 bridgehead atoms. The molecular weight excluding hydrogens is 240 g/mol. The van der Waals surface area contributed by atoms with Crippen molar-refractivity contribution in [3.63, 3.8) is 0 Å². The summed E-state index contributed by atoms with van der Waals surface area (Å²) in [6.45, 7) is 13.0. The molecule has 0 saturated carbocycles. The molecule has 4 heteroatoms. The standard InChI is InChI=1S/C15H30N2O2/c1-13(2,9-18)12-11(15(5,6)16)7-8-17(12)14(3,4)10-19/h10-12,18H,7-9,16H2,1-6H3. The Morgan fingerprint density at radius 1 is 1.26 bits per heavy atom. The minimum atomic E-state index is -0.517. The summed E-state index contributed by atoms with van der Waals surface area (Å²) in [5, 5.41) is 9.74. The van der Waals surface area contributed by atoms with Crippen molar-refractivity contribution in [3.05, 3.63) is 0 Å². The summed E-state index contributed by atoms with van der Waals surface area (Å²) in [5.74, 6) is 0.272. The number of hydrogen-bond acceptors (Lipinski definition) is 4. The van der Waals surface area contributed by atoms with E-state index >= 15 is 0 Å². The molecule has 0 aromatic rings. The molecule has 1 saturated heterocycles. The van der Waals surface area contributed by atoms with Gasteiger partial charge in [-0.2, -0.15) is 0 Å². The van der Waals surface area contributed by atoms with Crippen LogP contribution in [0.2, 0.25) is 0 Å². The van der Waals surface area contributed by atoms with Crippen molar-refractivity contribution in [1.82, 2.24) is 4.90 Å². The first-order chi connectivity index (χ1) is 8.47. The number of aldehydes is 1. The van der Waals surface area contributed by atoms with E-state index in [4.69, 9.17) is 5.73 Å². The average molecular weight is 270 g/mol. The number of aliphatic hydroxyl groups excluding tert-OH is 1. The molecule has 2 unspecified atom stereocenters. The van der Waals surface area contributed by atoms with E-state index in [2.05, 4.69) is 18.7 Å². The molecule has 1 aliphatic rings. The summed E-state index contributed by atoms with van der Waals surface area (Å²) >= 11 is 0. The summed E-state index contributed by atoms with van der Waals surface area (Å²) in [4.78, 5) is 13.6. The average Bonchev–Trinajstić information content (AvgIpc) is 2.74. The third-order valence-electron chi connectivity index (χ3n) is 4.59. The normalized spacial score (nSPS) is 26.7. The largest absolute Gasteiger partial charge is 0.396 e. The molecule has 1 heterocycles. The quantitative estimate of drug-likeness (QED) is 0.741. The van der Waals surface area contributed by atoms with Crippen molar-refractivity contribution in [2.75, 3.05) is 13.2 Å². The van der Waals surface area contributed by atoms with E-state index in [1.54, 1.807) is 0 Å². The Bertz CT molecular complexity index is 332. The van der Waals surface area contributed by atoms with Gasteiger partial charge in [0.15, 0.2) is 0 Å². The fraction of sp³-hybridized carbons (Fsp3) is 0.933. The first-order valence-corrected chi connectivity index (χ1v) is 7.10. The molecule has 3 N–H and O–H groups in total. The summed E-state index contributed by atoms with van der Waals surface area (Å²) in [7, 11) is 0. The lowest BCUT2D eigenvalue weighted by Gasteiger charge is -2.47. The Morgan fingerprint density at radius 3 is 2.16 bits per heavy atom. The third-order valence-corrected chi connectivity index (χ3v) is 4.59. The summed E-state index contributed by atoms with van der Waals surface area (Å²) in [5.41, 5.74) is 5.22. The predicted octanol–water partition coefficient (Wildman–Crippen LogP) is 1.41. The van der Waals surface area contributed by atoms with E-state index in [1.165, 1.54) is 0 Å². The highest BCUT2D eigenvalue weighted by atomic mass is 16.3. The molecule has 0 radical (unpaired) electrons. The van der Waals surface area contributed by atoms with Gasteiger partial charge in [-0.15, -0.1) is 0 Å². The number of nitrogens with two attached hydrogens (primary N) is 1. The van der Waals surface area contributed by atoms with Crippen LogP contribution in [0, 0.1) is 11.3 Å². The van der Waals surface area contributed by atoms with Crippen LogP contribution in [0.1, 0.15) is 48.0 Å². The molecule has 0 aromatic carbocycles. The van der Waals surface area contributed by atoms with E-state index in [-0.39, 0.29) is 29.5 Å². The lowest BCUT2D eigenvalue weighted by Crippen LogP contribution is -2.59. The van der Waals surface area contributed by atoms with Crippen molar-refractivity contribution < 1.29 is 9.90 Å². The van der Waals surface area contributed by atoms with E-state index in [1.807, 2.05) is 27.7 Å². The molecule has 0 amide bonds. The van der Waals surface area contributed by atoms with Gasteiger partial charge in [0.1, 0.15) is 6.29 Å². The second-order valence-electron chi connectivity index (χ2n) is 7.77. The van der Waals surface area contributed by atoms with Crippen LogP contribution in [-0.4, -0.2) is 46.6 Å². The van der Waals surface area contributed by atoms with Crippen LogP contribution in [-0.2, 0) is 4.79 Å². The number of rotatable bonds is 5. The lowest BCUT2D eigenvalue weighted by molar-refractivity contribution is -0.120. The van der Waals surface area contributed by atoms with Crippen LogP contribution in [0.15, 0.2) is 0 Å². The summed E-state index contributed by atoms with van der Waals surface area (Å²) in [6.07, 6.45) is 1.97. The number of hydrogen-bond donors (Lipinski definition) is 2. The van der Waals surface area contributed by atoms with Crippen molar-refractivity contribution in [2.24, 2.45) is 17.1 Å². The second-order valence-corrected chi connectivity index (χ2v) is 7.77. The molecule has 0 spiro atoms. The van der Waals surface area contributed by atoms with Gasteiger partial charge < -0.3 is 15.6 Å². The van der Waals surface area contributed by atoms with Crippen LogP contribution < -0.4 is 5.73 Å². The Labute approximate surface area is 117 Å². The van der Waals surface area contributed by atoms with Crippen LogP contribution in [0.25, 0.3) is 0 Å². The molecule has 0 aliphatic carbocycles. The topological polar surface area (TPSA) is 66.6 Å². The summed E-state index contributed by atoms with van der Waals surface area (Å²) in [6, 6.07) is 0.109. The van der Waals surface area contributed by atoms with Crippen LogP contribution in [0.3, 0.4) is 0 Å². The highest BCUT2D eigenvalue weighted by molar-refractivity contribution is 5.63. The zero-order valence-electron chi connectivity index (χ0n) is 13.2. The zero-order chi connectivity index (χ0) is 15.1. The van der Waals surface area contributed by atoms with E-state index in [0.717, 1.165) is 19.3 Å². The molecular formula is C15H30N2O2. The fourth-order valence-corrected chi connectivity index (χ4v) is 3.35. The second kappa shape index (κ2) is 5.15. The molecule has 112 valence electrons. The zero-order valence-corrected chi connectivity index (χ0v) is 13.2. The smallest absolute Gasteiger partial charge is 0.139 e. The van der Waals surface area contributed by atoms with Gasteiger partial charge in [0, 0.05) is 23.6 Å². The van der Waals surface area contributed by atoms with Crippen molar-refractivity contribution in [3.8, 4) is 0 Å². The summed E-state index contributed by atoms with van der Waals surface area (Å²) < 4.78 is 0. The Kier molecular flexibility index (Phi) is 4.50. The van der Waals surface area contributed by atoms with Gasteiger partial charge in [-0.25, -0.2) is 0 Å². The fourth-order valence-electron chi connectivity index (χ4n) is 3.35. The van der Waals surface area contributed by atoms with Gasteiger partial charge in [0.25, 0.3) is 0 Å². The van der Waals surface area contributed by atoms with Crippen LogP contribution in [0.4, 0.5) is 0 Å². The lowest BCUT2D eigenvalue weighted by atomic mass is 9.71. The van der Waals surface area contributed by atoms with Gasteiger partial charge in [-0.05, 0) is 46.6 Å². The molecule has 4 nitrogen and oxygen atoms in total. The first-order valence-electron chi connectivity index (χ1n) is 7.10. The Balaban J connectivity index is 3.19. The van der Waals surface area contributed by atoms with Gasteiger partial charge in [0.2, 0.25) is 0 Å². The van der Waals surface area contributed by atoms with Crippen molar-refractivity contribution in [2.45, 2.75) is 65.1 Å². The molecule has 19 heavy (non-hydrogen) atoms. The molecule has 0 aromatic heterocycles. The van der Waals surface area contributed by atoms with E-state index in [9.17, 15) is 9.90 Å². The number of carbonyl (C=O) groups excluding carboxylic acids is 1. The van der Waals surface area contributed by atoms with E-state index in [0.29, 0.717) is 0 Å². The number of aliphatic hydroxyl groups is 1. The SMILES string of the molecule is CC(C)(N)C1CCN(C(C)(C)C=O)C1C(C)(C)CO.